The molecule has 0 aliphatic rings. The van der Waals surface area contributed by atoms with E-state index in [2.05, 4.69) is 10.2 Å². The highest BCUT2D eigenvalue weighted by Gasteiger charge is 2.17. The van der Waals surface area contributed by atoms with Gasteiger partial charge < -0.3 is 13.9 Å². The summed E-state index contributed by atoms with van der Waals surface area (Å²) >= 11 is 6.74. The number of thioether (sulfide) groups is 1. The Morgan fingerprint density at radius 2 is 1.88 bits per heavy atom. The molecule has 0 bridgehead atoms. The Balaban J connectivity index is 1.71. The topological polar surface area (TPSA) is 74.5 Å². The molecular formula is C18H15ClN2O4S. The number of methoxy groups -OCH3 is 2. The van der Waals surface area contributed by atoms with E-state index in [1.165, 1.54) is 0 Å². The maximum Gasteiger partial charge on any atom is 0.284 e. The van der Waals surface area contributed by atoms with E-state index in [1.54, 1.807) is 44.6 Å². The van der Waals surface area contributed by atoms with Crippen molar-refractivity contribution in [3.05, 3.63) is 53.1 Å². The number of rotatable bonds is 6. The standard InChI is InChI=1S/C18H15ClN2O4S/c1-23-13-7-8-14(15(10-13)24-2)17-20-21-18(25-17)26-16(22)9-11-3-5-12(19)6-4-11/h3-8,10H,9H2,1-2H3. The number of ether oxygens (including phenoxy) is 2. The highest BCUT2D eigenvalue weighted by molar-refractivity contribution is 8.13. The first-order chi connectivity index (χ1) is 12.6. The lowest BCUT2D eigenvalue weighted by Crippen LogP contribution is -1.97. The molecule has 3 rings (SSSR count). The molecule has 0 aliphatic carbocycles. The van der Waals surface area contributed by atoms with Crippen LogP contribution in [-0.4, -0.2) is 29.5 Å². The molecule has 0 saturated carbocycles. The Kier molecular flexibility index (Phi) is 5.80. The number of benzene rings is 2. The lowest BCUT2D eigenvalue weighted by molar-refractivity contribution is -0.110. The van der Waals surface area contributed by atoms with Crippen LogP contribution >= 0.6 is 23.4 Å². The average Bonchev–Trinajstić information content (AvgIpc) is 3.11. The van der Waals surface area contributed by atoms with Crippen LogP contribution < -0.4 is 9.47 Å². The summed E-state index contributed by atoms with van der Waals surface area (Å²) in [6, 6.07) is 12.4. The van der Waals surface area contributed by atoms with Crippen LogP contribution in [0.1, 0.15) is 5.56 Å². The predicted molar refractivity (Wildman–Crippen MR) is 98.9 cm³/mol. The summed E-state index contributed by atoms with van der Waals surface area (Å²) < 4.78 is 16.1. The third kappa shape index (κ3) is 4.36. The molecule has 134 valence electrons. The van der Waals surface area contributed by atoms with Crippen LogP contribution in [0.2, 0.25) is 5.02 Å². The van der Waals surface area contributed by atoms with Gasteiger partial charge in [-0.1, -0.05) is 23.7 Å². The molecule has 0 fully saturated rings. The van der Waals surface area contributed by atoms with E-state index in [-0.39, 0.29) is 22.6 Å². The Bertz CT molecular complexity index is 912. The van der Waals surface area contributed by atoms with Gasteiger partial charge in [-0.2, -0.15) is 0 Å². The van der Waals surface area contributed by atoms with Crippen molar-refractivity contribution < 1.29 is 18.7 Å². The van der Waals surface area contributed by atoms with E-state index >= 15 is 0 Å². The second-order valence-corrected chi connectivity index (χ2v) is 6.66. The maximum atomic E-state index is 12.2. The molecule has 6 nitrogen and oxygen atoms in total. The lowest BCUT2D eigenvalue weighted by atomic mass is 10.2. The number of hydrogen-bond acceptors (Lipinski definition) is 7. The quantitative estimate of drug-likeness (QED) is 0.582. The van der Waals surface area contributed by atoms with Gasteiger partial charge in [0, 0.05) is 29.3 Å². The van der Waals surface area contributed by atoms with Crippen LogP contribution in [0, 0.1) is 0 Å². The van der Waals surface area contributed by atoms with Crippen LogP contribution in [0.4, 0.5) is 0 Å². The van der Waals surface area contributed by atoms with Crippen molar-refractivity contribution in [2.75, 3.05) is 14.2 Å². The van der Waals surface area contributed by atoms with Gasteiger partial charge in [0.15, 0.2) is 0 Å². The summed E-state index contributed by atoms with van der Waals surface area (Å²) in [6.07, 6.45) is 0.241. The fraction of sp³-hybridized carbons (Fsp3) is 0.167. The zero-order chi connectivity index (χ0) is 18.5. The first kappa shape index (κ1) is 18.3. The monoisotopic (exact) mass is 390 g/mol. The third-order valence-corrected chi connectivity index (χ3v) is 4.47. The number of nitrogens with zero attached hydrogens (tertiary/aromatic N) is 2. The molecule has 0 atom stereocenters. The summed E-state index contributed by atoms with van der Waals surface area (Å²) in [5.41, 5.74) is 1.49. The highest BCUT2D eigenvalue weighted by atomic mass is 35.5. The first-order valence-corrected chi connectivity index (χ1v) is 8.79. The van der Waals surface area contributed by atoms with Gasteiger partial charge in [0.2, 0.25) is 5.12 Å². The van der Waals surface area contributed by atoms with Crippen molar-refractivity contribution in [1.82, 2.24) is 10.2 Å². The van der Waals surface area contributed by atoms with Crippen molar-refractivity contribution in [2.24, 2.45) is 0 Å². The number of aromatic nitrogens is 2. The fourth-order valence-electron chi connectivity index (χ4n) is 2.24. The molecule has 0 N–H and O–H groups in total. The van der Waals surface area contributed by atoms with Crippen molar-refractivity contribution in [3.63, 3.8) is 0 Å². The third-order valence-electron chi connectivity index (χ3n) is 3.51. The van der Waals surface area contributed by atoms with Crippen LogP contribution in [0.3, 0.4) is 0 Å². The summed E-state index contributed by atoms with van der Waals surface area (Å²) in [5, 5.41) is 8.62. The number of hydrogen-bond donors (Lipinski definition) is 0. The Labute approximate surface area is 159 Å². The molecule has 2 aromatic carbocycles. The molecule has 0 spiro atoms. The van der Waals surface area contributed by atoms with Gasteiger partial charge in [0.05, 0.1) is 19.8 Å². The molecule has 0 radical (unpaired) electrons. The van der Waals surface area contributed by atoms with Crippen LogP contribution in [-0.2, 0) is 11.2 Å². The van der Waals surface area contributed by atoms with Gasteiger partial charge in [-0.25, -0.2) is 0 Å². The number of carbonyl (C=O) groups is 1. The molecule has 1 aromatic heterocycles. The number of carbonyl (C=O) groups excluding carboxylic acids is 1. The van der Waals surface area contributed by atoms with Gasteiger partial charge in [-0.15, -0.1) is 10.2 Å². The summed E-state index contributed by atoms with van der Waals surface area (Å²) in [4.78, 5) is 12.2. The molecule has 0 amide bonds. The van der Waals surface area contributed by atoms with Gasteiger partial charge in [0.25, 0.3) is 11.1 Å². The zero-order valence-electron chi connectivity index (χ0n) is 14.1. The normalized spacial score (nSPS) is 10.6. The second kappa shape index (κ2) is 8.25. The summed E-state index contributed by atoms with van der Waals surface area (Å²) in [7, 11) is 3.11. The van der Waals surface area contributed by atoms with Crippen molar-refractivity contribution in [3.8, 4) is 23.0 Å². The highest BCUT2D eigenvalue weighted by Crippen LogP contribution is 2.33. The van der Waals surface area contributed by atoms with Crippen molar-refractivity contribution >= 4 is 28.5 Å². The minimum Gasteiger partial charge on any atom is -0.497 e. The largest absolute Gasteiger partial charge is 0.497 e. The first-order valence-electron chi connectivity index (χ1n) is 7.60. The fourth-order valence-corrected chi connectivity index (χ4v) is 3.00. The Morgan fingerprint density at radius 3 is 2.58 bits per heavy atom. The van der Waals surface area contributed by atoms with Crippen LogP contribution in [0.25, 0.3) is 11.5 Å². The van der Waals surface area contributed by atoms with E-state index in [4.69, 9.17) is 25.5 Å². The maximum absolute atomic E-state index is 12.2. The van der Waals surface area contributed by atoms with Gasteiger partial charge >= 0.3 is 0 Å². The number of halogens is 1. The summed E-state index contributed by atoms with van der Waals surface area (Å²) in [6.45, 7) is 0. The molecule has 26 heavy (non-hydrogen) atoms. The lowest BCUT2D eigenvalue weighted by Gasteiger charge is -2.07. The van der Waals surface area contributed by atoms with E-state index in [0.717, 1.165) is 17.3 Å². The van der Waals surface area contributed by atoms with Gasteiger partial charge in [-0.05, 0) is 29.8 Å². The molecule has 0 saturated heterocycles. The van der Waals surface area contributed by atoms with Crippen molar-refractivity contribution in [2.45, 2.75) is 11.6 Å². The molecule has 1 heterocycles. The van der Waals surface area contributed by atoms with Crippen LogP contribution in [0.5, 0.6) is 11.5 Å². The Hall–Kier alpha value is -2.51. The van der Waals surface area contributed by atoms with E-state index in [1.807, 2.05) is 12.1 Å². The van der Waals surface area contributed by atoms with E-state index in [9.17, 15) is 4.79 Å². The zero-order valence-corrected chi connectivity index (χ0v) is 15.6. The minimum absolute atomic E-state index is 0.107. The van der Waals surface area contributed by atoms with Crippen molar-refractivity contribution in [1.29, 1.82) is 0 Å². The van der Waals surface area contributed by atoms with Gasteiger partial charge in [0.1, 0.15) is 11.5 Å². The molecular weight excluding hydrogens is 376 g/mol. The average molecular weight is 391 g/mol. The predicted octanol–water partition coefficient (Wildman–Crippen LogP) is 4.27. The smallest absolute Gasteiger partial charge is 0.284 e. The molecule has 0 unspecified atom stereocenters. The van der Waals surface area contributed by atoms with Gasteiger partial charge in [-0.3, -0.25) is 4.79 Å². The summed E-state index contributed by atoms with van der Waals surface area (Å²) in [5.74, 6) is 1.46. The van der Waals surface area contributed by atoms with E-state index < -0.39 is 0 Å². The molecule has 3 aromatic rings. The molecule has 8 heteroatoms. The minimum atomic E-state index is -0.107. The SMILES string of the molecule is COc1ccc(-c2nnc(SC(=O)Cc3ccc(Cl)cc3)o2)c(OC)c1. The second-order valence-electron chi connectivity index (χ2n) is 5.22. The molecule has 0 aliphatic heterocycles. The van der Waals surface area contributed by atoms with E-state index in [0.29, 0.717) is 22.1 Å². The van der Waals surface area contributed by atoms with Crippen LogP contribution in [0.15, 0.2) is 52.1 Å². The Morgan fingerprint density at radius 1 is 1.12 bits per heavy atom.